The second-order valence-electron chi connectivity index (χ2n) is 7.76. The van der Waals surface area contributed by atoms with Gasteiger partial charge in [0.05, 0.1) is 17.2 Å². The summed E-state index contributed by atoms with van der Waals surface area (Å²) in [6.45, 7) is 3.94. The van der Waals surface area contributed by atoms with Crippen molar-refractivity contribution in [2.45, 2.75) is 38.9 Å². The Balaban J connectivity index is 1.87. The van der Waals surface area contributed by atoms with Crippen molar-refractivity contribution < 1.29 is 13.2 Å². The molecule has 4 N–H and O–H groups in total. The van der Waals surface area contributed by atoms with Crippen molar-refractivity contribution in [2.75, 3.05) is 22.5 Å². The van der Waals surface area contributed by atoms with E-state index in [9.17, 15) is 18.4 Å². The SMILES string of the molecule is CC(C)(C#N)CNc1cccc(Nc2ncc(C(F)(F)F)c(NC3CC3)n2)c1C=N. The van der Waals surface area contributed by atoms with Gasteiger partial charge >= 0.3 is 6.18 Å². The van der Waals surface area contributed by atoms with Crippen LogP contribution >= 0.6 is 0 Å². The minimum Gasteiger partial charge on any atom is -0.383 e. The number of rotatable bonds is 8. The zero-order valence-electron chi connectivity index (χ0n) is 16.6. The lowest BCUT2D eigenvalue weighted by atomic mass is 9.95. The minimum atomic E-state index is -4.56. The first kappa shape index (κ1) is 21.4. The maximum absolute atomic E-state index is 13.3. The molecule has 0 atom stereocenters. The Bertz CT molecular complexity index is 975. The lowest BCUT2D eigenvalue weighted by Crippen LogP contribution is -2.21. The second-order valence-corrected chi connectivity index (χ2v) is 7.76. The molecule has 7 nitrogen and oxygen atoms in total. The van der Waals surface area contributed by atoms with E-state index in [0.717, 1.165) is 25.3 Å². The van der Waals surface area contributed by atoms with Crippen molar-refractivity contribution in [1.82, 2.24) is 9.97 Å². The standard InChI is InChI=1S/C20H22F3N7/c1-19(2,10-25)11-27-15-4-3-5-16(13(15)8-24)29-18-26-9-14(20(21,22)23)17(30-18)28-12-6-7-12/h3-5,8-9,12,24,27H,6-7,11H2,1-2H3,(H2,26,28,29,30). The highest BCUT2D eigenvalue weighted by Gasteiger charge is 2.37. The van der Waals surface area contributed by atoms with E-state index in [1.165, 1.54) is 0 Å². The number of anilines is 4. The van der Waals surface area contributed by atoms with Gasteiger partial charge in [-0.3, -0.25) is 0 Å². The summed E-state index contributed by atoms with van der Waals surface area (Å²) in [6.07, 6.45) is -1.09. The van der Waals surface area contributed by atoms with E-state index in [1.807, 2.05) is 0 Å². The fourth-order valence-corrected chi connectivity index (χ4v) is 2.64. The number of alkyl halides is 3. The normalized spacial score (nSPS) is 14.0. The van der Waals surface area contributed by atoms with Gasteiger partial charge in [0.25, 0.3) is 0 Å². The smallest absolute Gasteiger partial charge is 0.383 e. The van der Waals surface area contributed by atoms with Crippen LogP contribution in [0.2, 0.25) is 0 Å². The van der Waals surface area contributed by atoms with Crippen LogP contribution in [0, 0.1) is 22.2 Å². The molecule has 0 aliphatic heterocycles. The van der Waals surface area contributed by atoms with E-state index in [1.54, 1.807) is 32.0 Å². The summed E-state index contributed by atoms with van der Waals surface area (Å²) in [6, 6.07) is 7.34. The number of aromatic nitrogens is 2. The predicted octanol–water partition coefficient (Wildman–Crippen LogP) is 4.77. The molecule has 1 aliphatic carbocycles. The van der Waals surface area contributed by atoms with Crippen LogP contribution in [0.4, 0.5) is 36.3 Å². The summed E-state index contributed by atoms with van der Waals surface area (Å²) in [5.74, 6) is -0.271. The molecular formula is C20H22F3N7. The van der Waals surface area contributed by atoms with Crippen molar-refractivity contribution in [3.8, 4) is 6.07 Å². The predicted molar refractivity (Wildman–Crippen MR) is 109 cm³/mol. The third-order valence-corrected chi connectivity index (χ3v) is 4.53. The maximum Gasteiger partial charge on any atom is 0.421 e. The molecule has 2 aromatic rings. The largest absolute Gasteiger partial charge is 0.421 e. The van der Waals surface area contributed by atoms with E-state index in [4.69, 9.17) is 5.41 Å². The third-order valence-electron chi connectivity index (χ3n) is 4.53. The van der Waals surface area contributed by atoms with Gasteiger partial charge in [0.2, 0.25) is 5.95 Å². The molecule has 1 saturated carbocycles. The average Bonchev–Trinajstić information content (AvgIpc) is 3.50. The molecule has 1 aliphatic rings. The van der Waals surface area contributed by atoms with Gasteiger partial charge in [-0.1, -0.05) is 6.07 Å². The fraction of sp³-hybridized carbons (Fsp3) is 0.400. The Labute approximate surface area is 172 Å². The second kappa shape index (κ2) is 8.18. The zero-order chi connectivity index (χ0) is 21.9. The Morgan fingerprint density at radius 2 is 1.97 bits per heavy atom. The lowest BCUT2D eigenvalue weighted by molar-refractivity contribution is -0.137. The minimum absolute atomic E-state index is 0.0104. The molecule has 0 bridgehead atoms. The van der Waals surface area contributed by atoms with Crippen LogP contribution in [0.15, 0.2) is 24.4 Å². The molecule has 1 aromatic heterocycles. The van der Waals surface area contributed by atoms with Crippen LogP contribution in [0.3, 0.4) is 0 Å². The monoisotopic (exact) mass is 417 g/mol. The summed E-state index contributed by atoms with van der Waals surface area (Å²) in [4.78, 5) is 7.84. The molecule has 0 saturated heterocycles. The van der Waals surface area contributed by atoms with Gasteiger partial charge in [0.15, 0.2) is 0 Å². The van der Waals surface area contributed by atoms with Crippen molar-refractivity contribution in [2.24, 2.45) is 5.41 Å². The number of hydrogen-bond donors (Lipinski definition) is 4. The number of nitrogens with one attached hydrogen (secondary N) is 4. The maximum atomic E-state index is 13.3. The quantitative estimate of drug-likeness (QED) is 0.461. The Kier molecular flexibility index (Phi) is 5.82. The van der Waals surface area contributed by atoms with E-state index in [2.05, 4.69) is 32.0 Å². The van der Waals surface area contributed by atoms with Crippen LogP contribution in [0.5, 0.6) is 0 Å². The summed E-state index contributed by atoms with van der Waals surface area (Å²) < 4.78 is 39.8. The van der Waals surface area contributed by atoms with E-state index < -0.39 is 17.2 Å². The first-order chi connectivity index (χ1) is 14.1. The molecule has 1 aromatic carbocycles. The molecule has 3 rings (SSSR count). The van der Waals surface area contributed by atoms with Crippen LogP contribution in [-0.4, -0.2) is 28.8 Å². The summed E-state index contributed by atoms with van der Waals surface area (Å²) in [5.41, 5.74) is 0.0270. The van der Waals surface area contributed by atoms with Crippen LogP contribution in [0.25, 0.3) is 0 Å². The van der Waals surface area contributed by atoms with E-state index in [0.29, 0.717) is 23.5 Å². The van der Waals surface area contributed by atoms with Gasteiger partial charge in [0.1, 0.15) is 11.4 Å². The van der Waals surface area contributed by atoms with E-state index in [-0.39, 0.29) is 17.8 Å². The number of nitriles is 1. The van der Waals surface area contributed by atoms with Gasteiger partial charge in [-0.25, -0.2) is 4.98 Å². The van der Waals surface area contributed by atoms with Gasteiger partial charge in [0, 0.05) is 36.2 Å². The van der Waals surface area contributed by atoms with Gasteiger partial charge in [-0.05, 0) is 38.8 Å². The number of hydrogen-bond acceptors (Lipinski definition) is 7. The molecule has 30 heavy (non-hydrogen) atoms. The highest BCUT2D eigenvalue weighted by molar-refractivity contribution is 5.94. The molecule has 0 amide bonds. The highest BCUT2D eigenvalue weighted by Crippen LogP contribution is 2.36. The molecule has 10 heteroatoms. The highest BCUT2D eigenvalue weighted by atomic mass is 19.4. The number of nitrogens with zero attached hydrogens (tertiary/aromatic N) is 3. The Morgan fingerprint density at radius 3 is 2.57 bits per heavy atom. The van der Waals surface area contributed by atoms with Crippen molar-refractivity contribution >= 4 is 29.4 Å². The van der Waals surface area contributed by atoms with Crippen LogP contribution in [-0.2, 0) is 6.18 Å². The average molecular weight is 417 g/mol. The van der Waals surface area contributed by atoms with Gasteiger partial charge in [-0.2, -0.15) is 23.4 Å². The van der Waals surface area contributed by atoms with Gasteiger partial charge in [-0.15, -0.1) is 0 Å². The van der Waals surface area contributed by atoms with Gasteiger partial charge < -0.3 is 21.4 Å². The molecule has 0 radical (unpaired) electrons. The van der Waals surface area contributed by atoms with Crippen LogP contribution < -0.4 is 16.0 Å². The Hall–Kier alpha value is -3.35. The molecule has 1 heterocycles. The number of halogens is 3. The first-order valence-electron chi connectivity index (χ1n) is 9.39. The molecule has 0 spiro atoms. The van der Waals surface area contributed by atoms with Crippen molar-refractivity contribution in [3.05, 3.63) is 35.5 Å². The number of benzene rings is 1. The molecular weight excluding hydrogens is 395 g/mol. The Morgan fingerprint density at radius 1 is 1.27 bits per heavy atom. The molecule has 0 unspecified atom stereocenters. The summed E-state index contributed by atoms with van der Waals surface area (Å²) >= 11 is 0. The lowest BCUT2D eigenvalue weighted by Gasteiger charge is -2.19. The topological polar surface area (TPSA) is 110 Å². The fourth-order valence-electron chi connectivity index (χ4n) is 2.64. The molecule has 158 valence electrons. The van der Waals surface area contributed by atoms with Crippen LogP contribution in [0.1, 0.15) is 37.8 Å². The summed E-state index contributed by atoms with van der Waals surface area (Å²) in [7, 11) is 0. The molecule has 1 fully saturated rings. The zero-order valence-corrected chi connectivity index (χ0v) is 16.6. The third kappa shape index (κ3) is 5.17. The van der Waals surface area contributed by atoms with Crippen molar-refractivity contribution in [1.29, 1.82) is 10.7 Å². The first-order valence-corrected chi connectivity index (χ1v) is 9.39. The summed E-state index contributed by atoms with van der Waals surface area (Å²) in [5, 5.41) is 25.8. The van der Waals surface area contributed by atoms with E-state index >= 15 is 0 Å². The van der Waals surface area contributed by atoms with Crippen molar-refractivity contribution in [3.63, 3.8) is 0 Å².